The molecule has 0 bridgehead atoms. The highest BCUT2D eigenvalue weighted by Crippen LogP contribution is 2.11. The standard InChI is InChI=1S/C8H12O4/c1-3-7(9)12-8-10-4-6(2)5-11-8/h3,6,8H,1,4-5H2,2H3. The van der Waals surface area contributed by atoms with Gasteiger partial charge < -0.3 is 14.2 Å². The highest BCUT2D eigenvalue weighted by atomic mass is 16.9. The molecular formula is C8H12O4. The fourth-order valence-corrected chi connectivity index (χ4v) is 0.793. The van der Waals surface area contributed by atoms with Crippen LogP contribution >= 0.6 is 0 Å². The summed E-state index contributed by atoms with van der Waals surface area (Å²) in [5.74, 6) is -0.182. The molecule has 0 spiro atoms. The van der Waals surface area contributed by atoms with Crippen molar-refractivity contribution in [3.63, 3.8) is 0 Å². The van der Waals surface area contributed by atoms with Gasteiger partial charge in [0.05, 0.1) is 13.2 Å². The van der Waals surface area contributed by atoms with E-state index in [9.17, 15) is 4.79 Å². The van der Waals surface area contributed by atoms with E-state index in [0.717, 1.165) is 6.08 Å². The first kappa shape index (κ1) is 9.22. The SMILES string of the molecule is C=CC(=O)OC1OCC(C)CO1. The first-order chi connectivity index (χ1) is 5.72. The molecule has 0 aliphatic carbocycles. The molecule has 0 aromatic heterocycles. The van der Waals surface area contributed by atoms with Crippen LogP contribution in [0.4, 0.5) is 0 Å². The van der Waals surface area contributed by atoms with Crippen molar-refractivity contribution in [1.29, 1.82) is 0 Å². The number of hydrogen-bond donors (Lipinski definition) is 0. The molecule has 1 aliphatic heterocycles. The Balaban J connectivity index is 2.26. The van der Waals surface area contributed by atoms with Gasteiger partial charge in [-0.2, -0.15) is 0 Å². The number of carbonyl (C=O) groups excluding carboxylic acids is 1. The first-order valence-electron chi connectivity index (χ1n) is 3.78. The monoisotopic (exact) mass is 172 g/mol. The molecule has 0 unspecified atom stereocenters. The van der Waals surface area contributed by atoms with E-state index in [4.69, 9.17) is 9.47 Å². The molecule has 68 valence electrons. The number of esters is 1. The largest absolute Gasteiger partial charge is 0.407 e. The molecule has 0 amide bonds. The van der Waals surface area contributed by atoms with Crippen molar-refractivity contribution in [2.45, 2.75) is 13.4 Å². The Hall–Kier alpha value is -0.870. The summed E-state index contributed by atoms with van der Waals surface area (Å²) in [4.78, 5) is 10.7. The van der Waals surface area contributed by atoms with Gasteiger partial charge in [0.1, 0.15) is 0 Å². The minimum Gasteiger partial charge on any atom is -0.407 e. The second kappa shape index (κ2) is 4.23. The molecule has 0 atom stereocenters. The molecule has 1 heterocycles. The van der Waals surface area contributed by atoms with Crippen LogP contribution in [0.3, 0.4) is 0 Å². The lowest BCUT2D eigenvalue weighted by Gasteiger charge is -2.25. The van der Waals surface area contributed by atoms with E-state index in [-0.39, 0.29) is 0 Å². The van der Waals surface area contributed by atoms with Crippen LogP contribution in [0.15, 0.2) is 12.7 Å². The van der Waals surface area contributed by atoms with Crippen LogP contribution in [0.5, 0.6) is 0 Å². The molecule has 0 aromatic rings. The van der Waals surface area contributed by atoms with Crippen LogP contribution in [-0.4, -0.2) is 25.7 Å². The maximum Gasteiger partial charge on any atom is 0.334 e. The van der Waals surface area contributed by atoms with Crippen LogP contribution in [0, 0.1) is 5.92 Å². The van der Waals surface area contributed by atoms with Crippen LogP contribution < -0.4 is 0 Å². The van der Waals surface area contributed by atoms with Crippen molar-refractivity contribution in [2.75, 3.05) is 13.2 Å². The molecule has 1 rings (SSSR count). The minimum atomic E-state index is -0.855. The molecule has 4 heteroatoms. The summed E-state index contributed by atoms with van der Waals surface area (Å²) in [5, 5.41) is 0. The molecule has 4 nitrogen and oxygen atoms in total. The van der Waals surface area contributed by atoms with Gasteiger partial charge in [0.15, 0.2) is 0 Å². The van der Waals surface area contributed by atoms with Crippen LogP contribution in [-0.2, 0) is 19.0 Å². The van der Waals surface area contributed by atoms with E-state index in [1.54, 1.807) is 0 Å². The van der Waals surface area contributed by atoms with Gasteiger partial charge >= 0.3 is 12.4 Å². The molecule has 0 radical (unpaired) electrons. The van der Waals surface area contributed by atoms with Crippen LogP contribution in [0.1, 0.15) is 6.92 Å². The zero-order chi connectivity index (χ0) is 8.97. The average molecular weight is 172 g/mol. The second-order valence-electron chi connectivity index (χ2n) is 2.70. The van der Waals surface area contributed by atoms with Gasteiger partial charge in [-0.15, -0.1) is 0 Å². The maximum atomic E-state index is 10.7. The first-order valence-corrected chi connectivity index (χ1v) is 3.78. The Morgan fingerprint density at radius 2 is 2.17 bits per heavy atom. The molecule has 1 fully saturated rings. The lowest BCUT2D eigenvalue weighted by atomic mass is 10.2. The van der Waals surface area contributed by atoms with Crippen molar-refractivity contribution < 1.29 is 19.0 Å². The predicted molar refractivity (Wildman–Crippen MR) is 41.1 cm³/mol. The fraction of sp³-hybridized carbons (Fsp3) is 0.625. The quantitative estimate of drug-likeness (QED) is 0.454. The summed E-state index contributed by atoms with van der Waals surface area (Å²) in [6.07, 6.45) is 1.07. The van der Waals surface area contributed by atoms with Gasteiger partial charge in [0.2, 0.25) is 0 Å². The van der Waals surface area contributed by atoms with Crippen molar-refractivity contribution in [2.24, 2.45) is 5.92 Å². The van der Waals surface area contributed by atoms with E-state index < -0.39 is 12.4 Å². The van der Waals surface area contributed by atoms with Gasteiger partial charge in [0, 0.05) is 12.0 Å². The van der Waals surface area contributed by atoms with E-state index in [2.05, 4.69) is 11.3 Å². The van der Waals surface area contributed by atoms with E-state index in [1.807, 2.05) is 6.92 Å². The Labute approximate surface area is 71.1 Å². The Morgan fingerprint density at radius 3 is 2.67 bits per heavy atom. The van der Waals surface area contributed by atoms with Crippen molar-refractivity contribution in [3.05, 3.63) is 12.7 Å². The predicted octanol–water partition coefficient (Wildman–Crippen LogP) is 0.682. The normalized spacial score (nSPS) is 29.4. The molecule has 12 heavy (non-hydrogen) atoms. The lowest BCUT2D eigenvalue weighted by Crippen LogP contribution is -2.33. The summed E-state index contributed by atoms with van der Waals surface area (Å²) < 4.78 is 14.8. The van der Waals surface area contributed by atoms with Gasteiger partial charge in [0.25, 0.3) is 0 Å². The summed E-state index contributed by atoms with van der Waals surface area (Å²) >= 11 is 0. The Morgan fingerprint density at radius 1 is 1.58 bits per heavy atom. The third-order valence-corrected chi connectivity index (χ3v) is 1.41. The average Bonchev–Trinajstić information content (AvgIpc) is 2.09. The fourth-order valence-electron chi connectivity index (χ4n) is 0.793. The van der Waals surface area contributed by atoms with Crippen molar-refractivity contribution >= 4 is 5.97 Å². The number of rotatable bonds is 2. The third-order valence-electron chi connectivity index (χ3n) is 1.41. The van der Waals surface area contributed by atoms with Gasteiger partial charge in [-0.3, -0.25) is 0 Å². The highest BCUT2D eigenvalue weighted by molar-refractivity contribution is 5.81. The number of hydrogen-bond acceptors (Lipinski definition) is 4. The topological polar surface area (TPSA) is 44.8 Å². The zero-order valence-electron chi connectivity index (χ0n) is 6.99. The van der Waals surface area contributed by atoms with Crippen LogP contribution in [0.2, 0.25) is 0 Å². The zero-order valence-corrected chi connectivity index (χ0v) is 6.99. The number of ether oxygens (including phenoxy) is 3. The Kier molecular flexibility index (Phi) is 3.25. The van der Waals surface area contributed by atoms with Crippen molar-refractivity contribution in [1.82, 2.24) is 0 Å². The minimum absolute atomic E-state index is 0.351. The highest BCUT2D eigenvalue weighted by Gasteiger charge is 2.21. The summed E-state index contributed by atoms with van der Waals surface area (Å²) in [6, 6.07) is 0. The van der Waals surface area contributed by atoms with Crippen molar-refractivity contribution in [3.8, 4) is 0 Å². The molecule has 1 saturated heterocycles. The van der Waals surface area contributed by atoms with Gasteiger partial charge in [-0.25, -0.2) is 4.79 Å². The van der Waals surface area contributed by atoms with Gasteiger partial charge in [-0.1, -0.05) is 13.5 Å². The number of carbonyl (C=O) groups is 1. The second-order valence-corrected chi connectivity index (χ2v) is 2.70. The summed E-state index contributed by atoms with van der Waals surface area (Å²) in [5.41, 5.74) is 0. The van der Waals surface area contributed by atoms with E-state index >= 15 is 0 Å². The summed E-state index contributed by atoms with van der Waals surface area (Å²) in [7, 11) is 0. The van der Waals surface area contributed by atoms with Crippen LogP contribution in [0.25, 0.3) is 0 Å². The van der Waals surface area contributed by atoms with E-state index in [0.29, 0.717) is 19.1 Å². The molecule has 1 aliphatic rings. The Bertz CT molecular complexity index is 170. The summed E-state index contributed by atoms with van der Waals surface area (Å²) in [6.45, 7) is 5.49. The third kappa shape index (κ3) is 2.64. The van der Waals surface area contributed by atoms with Gasteiger partial charge in [-0.05, 0) is 0 Å². The molecule has 0 aromatic carbocycles. The molecule has 0 saturated carbocycles. The smallest absolute Gasteiger partial charge is 0.334 e. The molecular weight excluding hydrogens is 160 g/mol. The van der Waals surface area contributed by atoms with E-state index in [1.165, 1.54) is 0 Å². The maximum absolute atomic E-state index is 10.7. The lowest BCUT2D eigenvalue weighted by molar-refractivity contribution is -0.305. The molecule has 0 N–H and O–H groups in total.